The van der Waals surface area contributed by atoms with Crippen molar-refractivity contribution in [1.82, 2.24) is 14.9 Å². The first-order valence-electron chi connectivity index (χ1n) is 9.87. The molecule has 0 amide bonds. The number of hydrogen-bond donors (Lipinski definition) is 1. The van der Waals surface area contributed by atoms with Gasteiger partial charge in [-0.3, -0.25) is 9.36 Å². The summed E-state index contributed by atoms with van der Waals surface area (Å²) < 4.78 is 44.9. The van der Waals surface area contributed by atoms with Crippen molar-refractivity contribution in [2.24, 2.45) is 0 Å². The van der Waals surface area contributed by atoms with Crippen LogP contribution in [0.3, 0.4) is 0 Å². The van der Waals surface area contributed by atoms with E-state index < -0.39 is 17.2 Å². The van der Waals surface area contributed by atoms with Crippen LogP contribution in [0.2, 0.25) is 5.02 Å². The second-order valence-electron chi connectivity index (χ2n) is 8.13. The van der Waals surface area contributed by atoms with Gasteiger partial charge in [0.1, 0.15) is 11.2 Å². The highest BCUT2D eigenvalue weighted by Crippen LogP contribution is 2.53. The lowest BCUT2D eigenvalue weighted by Gasteiger charge is -2.29. The highest BCUT2D eigenvalue weighted by Gasteiger charge is 2.60. The summed E-state index contributed by atoms with van der Waals surface area (Å²) in [6.45, 7) is 2.80. The first-order chi connectivity index (χ1) is 14.2. The quantitative estimate of drug-likeness (QED) is 0.605. The average molecular weight is 434 g/mol. The van der Waals surface area contributed by atoms with Crippen molar-refractivity contribution < 1.29 is 13.2 Å². The van der Waals surface area contributed by atoms with Gasteiger partial charge in [0, 0.05) is 0 Å². The van der Waals surface area contributed by atoms with Crippen LogP contribution in [-0.4, -0.2) is 28.8 Å². The molecule has 0 bridgehead atoms. The number of nitrogens with zero attached hydrogens (tertiary/aromatic N) is 2. The molecule has 3 aromatic rings. The van der Waals surface area contributed by atoms with Gasteiger partial charge in [-0.1, -0.05) is 29.8 Å². The maximum atomic E-state index is 14.5. The molecule has 0 radical (unpaired) electrons. The number of aromatic nitrogens is 2. The van der Waals surface area contributed by atoms with Crippen LogP contribution >= 0.6 is 11.6 Å². The van der Waals surface area contributed by atoms with Crippen LogP contribution in [0.1, 0.15) is 42.6 Å². The zero-order valence-electron chi connectivity index (χ0n) is 16.2. The molecular formula is C22H19ClF3N3O. The summed E-state index contributed by atoms with van der Waals surface area (Å²) in [6.07, 6.45) is -2.87. The largest absolute Gasteiger partial charge is 0.405 e. The monoisotopic (exact) mass is 433 g/mol. The molecule has 1 N–H and O–H groups in total. The minimum Gasteiger partial charge on any atom is -0.317 e. The molecule has 8 heteroatoms. The van der Waals surface area contributed by atoms with E-state index in [4.69, 9.17) is 11.6 Å². The van der Waals surface area contributed by atoms with Crippen molar-refractivity contribution in [3.05, 3.63) is 68.7 Å². The van der Waals surface area contributed by atoms with Gasteiger partial charge < -0.3 is 5.32 Å². The molecule has 156 valence electrons. The molecule has 1 aromatic heterocycles. The van der Waals surface area contributed by atoms with Gasteiger partial charge >= 0.3 is 6.18 Å². The van der Waals surface area contributed by atoms with Crippen molar-refractivity contribution in [3.8, 4) is 5.69 Å². The normalized spacial score (nSPS) is 21.6. The maximum Gasteiger partial charge on any atom is 0.405 e. The Morgan fingerprint density at radius 2 is 1.93 bits per heavy atom. The smallest absolute Gasteiger partial charge is 0.317 e. The Kier molecular flexibility index (Phi) is 4.28. The van der Waals surface area contributed by atoms with E-state index in [1.807, 2.05) is 6.07 Å². The van der Waals surface area contributed by atoms with Gasteiger partial charge in [-0.15, -0.1) is 0 Å². The first-order valence-corrected chi connectivity index (χ1v) is 10.3. The van der Waals surface area contributed by atoms with E-state index in [1.165, 1.54) is 4.57 Å². The molecule has 0 spiro atoms. The van der Waals surface area contributed by atoms with Gasteiger partial charge in [0.2, 0.25) is 0 Å². The van der Waals surface area contributed by atoms with Crippen LogP contribution < -0.4 is 10.9 Å². The molecule has 3 heterocycles. The molecule has 30 heavy (non-hydrogen) atoms. The molecular weight excluding hydrogens is 415 g/mol. The summed E-state index contributed by atoms with van der Waals surface area (Å²) in [5, 5.41) is 3.58. The zero-order valence-corrected chi connectivity index (χ0v) is 16.9. The number of alkyl halides is 3. The van der Waals surface area contributed by atoms with Gasteiger partial charge in [0.25, 0.3) is 5.56 Å². The lowest BCUT2D eigenvalue weighted by atomic mass is 9.79. The lowest BCUT2D eigenvalue weighted by Crippen LogP contribution is -2.41. The second kappa shape index (κ2) is 6.56. The van der Waals surface area contributed by atoms with E-state index in [0.29, 0.717) is 11.2 Å². The molecule has 2 aliphatic rings. The van der Waals surface area contributed by atoms with Crippen LogP contribution in [0.4, 0.5) is 13.2 Å². The van der Waals surface area contributed by atoms with Gasteiger partial charge in [0.05, 0.1) is 21.6 Å². The van der Waals surface area contributed by atoms with Crippen molar-refractivity contribution in [2.45, 2.75) is 37.3 Å². The van der Waals surface area contributed by atoms with Crippen LogP contribution in [0.25, 0.3) is 16.6 Å². The van der Waals surface area contributed by atoms with Crippen molar-refractivity contribution in [2.75, 3.05) is 13.1 Å². The van der Waals surface area contributed by atoms with E-state index in [-0.39, 0.29) is 27.7 Å². The first kappa shape index (κ1) is 19.6. The molecule has 0 saturated carbocycles. The van der Waals surface area contributed by atoms with Gasteiger partial charge in [0.15, 0.2) is 0 Å². The third-order valence-electron chi connectivity index (χ3n) is 6.49. The van der Waals surface area contributed by atoms with Gasteiger partial charge in [-0.05, 0) is 68.1 Å². The number of nitrogens with one attached hydrogen (secondary N) is 1. The minimum atomic E-state index is -4.63. The van der Waals surface area contributed by atoms with Crippen molar-refractivity contribution in [1.29, 1.82) is 0 Å². The molecule has 2 aromatic carbocycles. The fraction of sp³-hybridized carbons (Fsp3) is 0.364. The molecule has 5 rings (SSSR count). The minimum absolute atomic E-state index is 0.128. The SMILES string of the molecule is CC1(C(F)(F)F)c2cc(C3CCNCC3)ccc2-n2c1nc(=O)c1c(Cl)cccc12. The van der Waals surface area contributed by atoms with Crippen LogP contribution in [0.15, 0.2) is 41.2 Å². The summed E-state index contributed by atoms with van der Waals surface area (Å²) in [7, 11) is 0. The number of halogens is 4. The Morgan fingerprint density at radius 1 is 1.20 bits per heavy atom. The molecule has 0 aliphatic carbocycles. The van der Waals surface area contributed by atoms with Crippen molar-refractivity contribution >= 4 is 22.5 Å². The Bertz CT molecular complexity index is 1230. The molecule has 1 atom stereocenters. The average Bonchev–Trinajstić information content (AvgIpc) is 2.98. The Hall–Kier alpha value is -2.38. The van der Waals surface area contributed by atoms with E-state index in [0.717, 1.165) is 38.4 Å². The Labute approximate surface area is 175 Å². The second-order valence-corrected chi connectivity index (χ2v) is 8.54. The zero-order chi connectivity index (χ0) is 21.3. The summed E-state index contributed by atoms with van der Waals surface area (Å²) in [6, 6.07) is 10.1. The third kappa shape index (κ3) is 2.58. The topological polar surface area (TPSA) is 46.9 Å². The standard InChI is InChI=1S/C22H19ClF3N3O/c1-21(22(24,25)26)14-11-13(12-7-9-27-10-8-12)5-6-16(14)29-17-4-2-3-15(23)18(17)19(30)28-20(21)29/h2-6,11-12,27H,7-10H2,1H3. The fourth-order valence-corrected chi connectivity index (χ4v) is 5.01. The van der Waals surface area contributed by atoms with Crippen LogP contribution in [0.5, 0.6) is 0 Å². The summed E-state index contributed by atoms with van der Waals surface area (Å²) in [5.74, 6) is -0.107. The summed E-state index contributed by atoms with van der Waals surface area (Å²) >= 11 is 6.20. The molecule has 1 unspecified atom stereocenters. The molecule has 1 fully saturated rings. The van der Waals surface area contributed by atoms with E-state index >= 15 is 0 Å². The molecule has 1 saturated heterocycles. The van der Waals surface area contributed by atoms with Crippen molar-refractivity contribution in [3.63, 3.8) is 0 Å². The van der Waals surface area contributed by atoms with Gasteiger partial charge in [-0.25, -0.2) is 0 Å². The highest BCUT2D eigenvalue weighted by molar-refractivity contribution is 6.35. The van der Waals surface area contributed by atoms with E-state index in [1.54, 1.807) is 30.3 Å². The Balaban J connectivity index is 1.84. The Morgan fingerprint density at radius 3 is 2.63 bits per heavy atom. The summed E-state index contributed by atoms with van der Waals surface area (Å²) in [4.78, 5) is 16.6. The summed E-state index contributed by atoms with van der Waals surface area (Å²) in [5.41, 5.74) is -1.39. The number of hydrogen-bond acceptors (Lipinski definition) is 3. The fourth-order valence-electron chi connectivity index (χ4n) is 4.76. The van der Waals surface area contributed by atoms with E-state index in [9.17, 15) is 18.0 Å². The van der Waals surface area contributed by atoms with Gasteiger partial charge in [-0.2, -0.15) is 18.2 Å². The van der Waals surface area contributed by atoms with Crippen LogP contribution in [-0.2, 0) is 5.41 Å². The predicted octanol–water partition coefficient (Wildman–Crippen LogP) is 4.69. The predicted molar refractivity (Wildman–Crippen MR) is 110 cm³/mol. The molecule has 2 aliphatic heterocycles. The third-order valence-corrected chi connectivity index (χ3v) is 6.81. The number of piperidine rings is 1. The van der Waals surface area contributed by atoms with E-state index in [2.05, 4.69) is 10.3 Å². The number of benzene rings is 2. The lowest BCUT2D eigenvalue weighted by molar-refractivity contribution is -0.173. The molecule has 4 nitrogen and oxygen atoms in total. The number of rotatable bonds is 1. The maximum absolute atomic E-state index is 14.5. The van der Waals surface area contributed by atoms with Crippen LogP contribution in [0, 0.1) is 0 Å². The number of fused-ring (bicyclic) bond motifs is 5. The highest BCUT2D eigenvalue weighted by atomic mass is 35.5.